The molecule has 2 aromatic carbocycles. The van der Waals surface area contributed by atoms with Crippen molar-refractivity contribution in [3.05, 3.63) is 66.1 Å². The summed E-state index contributed by atoms with van der Waals surface area (Å²) in [7, 11) is 1.66. The van der Waals surface area contributed by atoms with Gasteiger partial charge in [-0.1, -0.05) is 24.3 Å². The molecule has 0 spiro atoms. The molecule has 26 heavy (non-hydrogen) atoms. The van der Waals surface area contributed by atoms with Crippen LogP contribution in [-0.4, -0.2) is 25.3 Å². The molecule has 0 saturated heterocycles. The van der Waals surface area contributed by atoms with Crippen LogP contribution in [0.1, 0.15) is 24.2 Å². The molecule has 3 rings (SSSR count). The number of hydrogen-bond donors (Lipinski definition) is 1. The van der Waals surface area contributed by atoms with Gasteiger partial charge in [-0.25, -0.2) is 0 Å². The molecule has 136 valence electrons. The molecule has 0 aliphatic heterocycles. The first-order valence-electron chi connectivity index (χ1n) is 8.63. The van der Waals surface area contributed by atoms with Crippen molar-refractivity contribution in [3.8, 4) is 5.75 Å². The highest BCUT2D eigenvalue weighted by Gasteiger charge is 2.15. The second-order valence-electron chi connectivity index (χ2n) is 6.12. The van der Waals surface area contributed by atoms with Crippen LogP contribution in [0.4, 0.5) is 0 Å². The second-order valence-corrected chi connectivity index (χ2v) is 7.22. The number of nitrogens with one attached hydrogen (secondary N) is 1. The normalized spacial score (nSPS) is 12.1. The number of methoxy groups -OCH3 is 1. The Morgan fingerprint density at radius 2 is 2.00 bits per heavy atom. The molecule has 5 heteroatoms. The summed E-state index contributed by atoms with van der Waals surface area (Å²) in [5.74, 6) is 3.35. The Hall–Kier alpha value is -2.40. The molecule has 0 fully saturated rings. The van der Waals surface area contributed by atoms with E-state index in [4.69, 9.17) is 9.15 Å². The summed E-state index contributed by atoms with van der Waals surface area (Å²) in [5.41, 5.74) is 1.02. The van der Waals surface area contributed by atoms with E-state index in [0.717, 1.165) is 39.4 Å². The minimum absolute atomic E-state index is 0.0523. The van der Waals surface area contributed by atoms with Gasteiger partial charge in [0.05, 0.1) is 25.0 Å². The maximum Gasteiger partial charge on any atom is 0.227 e. The summed E-state index contributed by atoms with van der Waals surface area (Å²) >= 11 is 1.75. The van der Waals surface area contributed by atoms with Crippen molar-refractivity contribution in [3.63, 3.8) is 0 Å². The van der Waals surface area contributed by atoms with Gasteiger partial charge in [0.2, 0.25) is 5.91 Å². The summed E-state index contributed by atoms with van der Waals surface area (Å²) < 4.78 is 10.5. The van der Waals surface area contributed by atoms with Crippen LogP contribution in [0, 0.1) is 0 Å². The highest BCUT2D eigenvalue weighted by atomic mass is 32.2. The quantitative estimate of drug-likeness (QED) is 0.590. The molecule has 0 saturated carbocycles. The average molecular weight is 369 g/mol. The van der Waals surface area contributed by atoms with Crippen LogP contribution in [0.2, 0.25) is 0 Å². The Kier molecular flexibility index (Phi) is 6.23. The van der Waals surface area contributed by atoms with Crippen LogP contribution in [0.3, 0.4) is 0 Å². The zero-order chi connectivity index (χ0) is 18.4. The fourth-order valence-corrected chi connectivity index (χ4v) is 3.51. The molecule has 1 heterocycles. The van der Waals surface area contributed by atoms with E-state index in [1.54, 1.807) is 25.1 Å². The van der Waals surface area contributed by atoms with E-state index in [1.165, 1.54) is 0 Å². The highest BCUT2D eigenvalue weighted by molar-refractivity contribution is 7.98. The van der Waals surface area contributed by atoms with Crippen LogP contribution < -0.4 is 10.1 Å². The van der Waals surface area contributed by atoms with E-state index < -0.39 is 0 Å². The third-order valence-electron chi connectivity index (χ3n) is 4.33. The first-order chi connectivity index (χ1) is 12.7. The number of thioether (sulfide) groups is 1. The van der Waals surface area contributed by atoms with Crippen LogP contribution >= 0.6 is 11.8 Å². The predicted octanol–water partition coefficient (Wildman–Crippen LogP) is 4.59. The van der Waals surface area contributed by atoms with Gasteiger partial charge in [-0.3, -0.25) is 4.79 Å². The molecule has 1 amide bonds. The van der Waals surface area contributed by atoms with Crippen molar-refractivity contribution < 1.29 is 13.9 Å². The largest absolute Gasteiger partial charge is 0.497 e. The summed E-state index contributed by atoms with van der Waals surface area (Å²) in [6.45, 7) is 2.59. The van der Waals surface area contributed by atoms with Gasteiger partial charge in [0.25, 0.3) is 0 Å². The van der Waals surface area contributed by atoms with E-state index in [9.17, 15) is 4.79 Å². The van der Waals surface area contributed by atoms with Crippen molar-refractivity contribution in [2.45, 2.75) is 18.6 Å². The Morgan fingerprint density at radius 3 is 2.77 bits per heavy atom. The van der Waals surface area contributed by atoms with Gasteiger partial charge in [0.1, 0.15) is 11.5 Å². The van der Waals surface area contributed by atoms with Crippen molar-refractivity contribution >= 4 is 28.4 Å². The smallest absolute Gasteiger partial charge is 0.227 e. The Bertz CT molecular complexity index is 861. The number of hydrogen-bond acceptors (Lipinski definition) is 4. The summed E-state index contributed by atoms with van der Waals surface area (Å²) in [6.07, 6.45) is 1.68. The lowest BCUT2D eigenvalue weighted by Crippen LogP contribution is -2.29. The molecule has 4 nitrogen and oxygen atoms in total. The zero-order valence-corrected chi connectivity index (χ0v) is 15.8. The monoisotopic (exact) mass is 369 g/mol. The lowest BCUT2D eigenvalue weighted by molar-refractivity contribution is -0.122. The number of carbonyl (C=O) groups is 1. The van der Waals surface area contributed by atoms with Gasteiger partial charge in [-0.2, -0.15) is 11.8 Å². The Labute approximate surface area is 157 Å². The van der Waals surface area contributed by atoms with E-state index >= 15 is 0 Å². The summed E-state index contributed by atoms with van der Waals surface area (Å²) in [6, 6.07) is 15.9. The summed E-state index contributed by atoms with van der Waals surface area (Å²) in [5, 5.41) is 5.23. The van der Waals surface area contributed by atoms with Gasteiger partial charge >= 0.3 is 0 Å². The van der Waals surface area contributed by atoms with Gasteiger partial charge in [0.15, 0.2) is 0 Å². The molecular formula is C21H23NO3S. The number of benzene rings is 2. The standard InChI is InChI=1S/C21H23NO3S/c1-15(21(23)22-9-11-26-14-20-4-3-10-25-20)16-5-6-18-13-19(24-2)8-7-17(18)12-16/h3-8,10,12-13,15H,9,11,14H2,1-2H3,(H,22,23)/t15-/m0/s1. The van der Waals surface area contributed by atoms with Crippen molar-refractivity contribution in [2.75, 3.05) is 19.4 Å². The molecule has 0 aliphatic carbocycles. The Balaban J connectivity index is 1.51. The lowest BCUT2D eigenvalue weighted by Gasteiger charge is -2.13. The third kappa shape index (κ3) is 4.61. The van der Waals surface area contributed by atoms with E-state index in [-0.39, 0.29) is 11.8 Å². The molecule has 1 atom stereocenters. The van der Waals surface area contributed by atoms with E-state index in [1.807, 2.05) is 49.4 Å². The fourth-order valence-electron chi connectivity index (χ4n) is 2.76. The Morgan fingerprint density at radius 1 is 1.19 bits per heavy atom. The van der Waals surface area contributed by atoms with Gasteiger partial charge in [-0.05, 0) is 47.5 Å². The molecule has 3 aromatic rings. The topological polar surface area (TPSA) is 51.5 Å². The average Bonchev–Trinajstić information content (AvgIpc) is 3.19. The lowest BCUT2D eigenvalue weighted by atomic mass is 9.97. The molecule has 1 N–H and O–H groups in total. The number of amides is 1. The molecule has 0 unspecified atom stereocenters. The van der Waals surface area contributed by atoms with Gasteiger partial charge < -0.3 is 14.5 Å². The second kappa shape index (κ2) is 8.81. The SMILES string of the molecule is COc1ccc2cc([C@H](C)C(=O)NCCSCc3ccco3)ccc2c1. The van der Waals surface area contributed by atoms with Gasteiger partial charge in [-0.15, -0.1) is 0 Å². The van der Waals surface area contributed by atoms with Crippen molar-refractivity contribution in [1.82, 2.24) is 5.32 Å². The number of furan rings is 1. The highest BCUT2D eigenvalue weighted by Crippen LogP contribution is 2.25. The van der Waals surface area contributed by atoms with Crippen molar-refractivity contribution in [2.24, 2.45) is 0 Å². The molecule has 1 aromatic heterocycles. The first kappa shape index (κ1) is 18.4. The first-order valence-corrected chi connectivity index (χ1v) is 9.78. The number of ether oxygens (including phenoxy) is 1. The van der Waals surface area contributed by atoms with Crippen molar-refractivity contribution in [1.29, 1.82) is 0 Å². The molecule has 0 bridgehead atoms. The van der Waals surface area contributed by atoms with E-state index in [2.05, 4.69) is 11.4 Å². The van der Waals surface area contributed by atoms with E-state index in [0.29, 0.717) is 6.54 Å². The summed E-state index contributed by atoms with van der Waals surface area (Å²) in [4.78, 5) is 12.4. The third-order valence-corrected chi connectivity index (χ3v) is 5.32. The maximum absolute atomic E-state index is 12.4. The van der Waals surface area contributed by atoms with Crippen LogP contribution in [0.15, 0.2) is 59.2 Å². The minimum atomic E-state index is -0.184. The molecule has 0 aliphatic rings. The number of rotatable bonds is 8. The predicted molar refractivity (Wildman–Crippen MR) is 107 cm³/mol. The number of fused-ring (bicyclic) bond motifs is 1. The van der Waals surface area contributed by atoms with Crippen LogP contribution in [0.5, 0.6) is 5.75 Å². The minimum Gasteiger partial charge on any atom is -0.497 e. The van der Waals surface area contributed by atoms with Crippen LogP contribution in [0.25, 0.3) is 10.8 Å². The molecular weight excluding hydrogens is 346 g/mol. The van der Waals surface area contributed by atoms with Gasteiger partial charge in [0, 0.05) is 12.3 Å². The fraction of sp³-hybridized carbons (Fsp3) is 0.286. The molecule has 0 radical (unpaired) electrons. The zero-order valence-electron chi connectivity index (χ0n) is 15.0. The number of carbonyl (C=O) groups excluding carboxylic acids is 1. The maximum atomic E-state index is 12.4. The van der Waals surface area contributed by atoms with Crippen LogP contribution in [-0.2, 0) is 10.5 Å².